The van der Waals surface area contributed by atoms with Gasteiger partial charge in [-0.25, -0.2) is 0 Å². The number of hydrogen-bond acceptors (Lipinski definition) is 2. The summed E-state index contributed by atoms with van der Waals surface area (Å²) in [7, 11) is -0.247. The second-order valence-corrected chi connectivity index (χ2v) is 3.37. The molecule has 2 nitrogen and oxygen atoms in total. The molecular formula is C7H16BNO. The van der Waals surface area contributed by atoms with Crippen molar-refractivity contribution < 1.29 is 5.02 Å². The number of nitrogens with zero attached hydrogens (tertiary/aromatic N) is 1. The molecule has 0 aliphatic carbocycles. The molecule has 0 amide bonds. The molecule has 0 spiro atoms. The van der Waals surface area contributed by atoms with E-state index < -0.39 is 0 Å². The van der Waals surface area contributed by atoms with Crippen molar-refractivity contribution in [3.8, 4) is 0 Å². The third kappa shape index (κ3) is 1.99. The third-order valence-corrected chi connectivity index (χ3v) is 2.22. The molecule has 1 atom stereocenters. The smallest absolute Gasteiger partial charge is 0.376 e. The standard InChI is InChI=1S/C7H16BNO/c1-7-4-3-5-9(6-7)8(2)10/h7,10H,3-6H2,1-2H3/t7-/m0/s1. The number of hydrogen-bond donors (Lipinski definition) is 1. The van der Waals surface area contributed by atoms with Crippen LogP contribution < -0.4 is 0 Å². The van der Waals surface area contributed by atoms with Crippen LogP contribution in [0.5, 0.6) is 0 Å². The van der Waals surface area contributed by atoms with Crippen LogP contribution in [0.25, 0.3) is 0 Å². The molecule has 1 aliphatic heterocycles. The molecule has 1 rings (SSSR count). The molecule has 1 N–H and O–H groups in total. The molecule has 10 heavy (non-hydrogen) atoms. The van der Waals surface area contributed by atoms with Crippen molar-refractivity contribution in [2.75, 3.05) is 13.1 Å². The molecular weight excluding hydrogens is 125 g/mol. The maximum absolute atomic E-state index is 9.22. The zero-order valence-corrected chi connectivity index (χ0v) is 6.88. The molecule has 0 aromatic carbocycles. The second-order valence-electron chi connectivity index (χ2n) is 3.37. The second kappa shape index (κ2) is 3.40. The molecule has 0 saturated carbocycles. The fourth-order valence-corrected chi connectivity index (χ4v) is 1.57. The Labute approximate surface area is 63.4 Å². The first-order valence-electron chi connectivity index (χ1n) is 4.12. The van der Waals surface area contributed by atoms with Gasteiger partial charge in [0, 0.05) is 0 Å². The first kappa shape index (κ1) is 8.09. The summed E-state index contributed by atoms with van der Waals surface area (Å²) in [6.07, 6.45) is 2.56. The molecule has 0 aromatic rings. The predicted octanol–water partition coefficient (Wildman–Crippen LogP) is 0.829. The van der Waals surface area contributed by atoms with E-state index in [0.717, 1.165) is 19.0 Å². The lowest BCUT2D eigenvalue weighted by molar-refractivity contribution is 0.255. The minimum Gasteiger partial charge on any atom is -0.437 e. The monoisotopic (exact) mass is 141 g/mol. The van der Waals surface area contributed by atoms with E-state index in [2.05, 4.69) is 11.7 Å². The van der Waals surface area contributed by atoms with E-state index in [-0.39, 0.29) is 7.05 Å². The Morgan fingerprint density at radius 2 is 2.30 bits per heavy atom. The molecule has 1 heterocycles. The van der Waals surface area contributed by atoms with Gasteiger partial charge in [0.1, 0.15) is 0 Å². The van der Waals surface area contributed by atoms with Crippen molar-refractivity contribution in [2.45, 2.75) is 26.6 Å². The molecule has 58 valence electrons. The molecule has 0 aromatic heterocycles. The van der Waals surface area contributed by atoms with Crippen molar-refractivity contribution in [2.24, 2.45) is 5.92 Å². The van der Waals surface area contributed by atoms with E-state index in [9.17, 15) is 5.02 Å². The molecule has 1 aliphatic rings. The Bertz CT molecular complexity index is 108. The zero-order valence-electron chi connectivity index (χ0n) is 6.88. The highest BCUT2D eigenvalue weighted by Gasteiger charge is 2.21. The van der Waals surface area contributed by atoms with Gasteiger partial charge in [-0.05, 0) is 38.7 Å². The van der Waals surface area contributed by atoms with Gasteiger partial charge in [-0.1, -0.05) is 6.92 Å². The summed E-state index contributed by atoms with van der Waals surface area (Å²) in [4.78, 5) is 2.13. The summed E-state index contributed by atoms with van der Waals surface area (Å²) in [6, 6.07) is 0. The van der Waals surface area contributed by atoms with Crippen molar-refractivity contribution in [3.05, 3.63) is 0 Å². The Morgan fingerprint density at radius 1 is 1.60 bits per heavy atom. The zero-order chi connectivity index (χ0) is 7.56. The summed E-state index contributed by atoms with van der Waals surface area (Å²) in [5.74, 6) is 0.767. The van der Waals surface area contributed by atoms with Gasteiger partial charge in [-0.3, -0.25) is 0 Å². The largest absolute Gasteiger partial charge is 0.437 e. The first-order valence-corrected chi connectivity index (χ1v) is 4.12. The number of rotatable bonds is 1. The van der Waals surface area contributed by atoms with E-state index in [1.165, 1.54) is 12.8 Å². The summed E-state index contributed by atoms with van der Waals surface area (Å²) in [6.45, 7) is 6.23. The minimum absolute atomic E-state index is 0.247. The van der Waals surface area contributed by atoms with Crippen LogP contribution in [0, 0.1) is 5.92 Å². The third-order valence-electron chi connectivity index (χ3n) is 2.22. The lowest BCUT2D eigenvalue weighted by atomic mass is 9.81. The summed E-state index contributed by atoms with van der Waals surface area (Å²) < 4.78 is 0. The maximum Gasteiger partial charge on any atom is 0.376 e. The van der Waals surface area contributed by atoms with Gasteiger partial charge in [0.15, 0.2) is 0 Å². The van der Waals surface area contributed by atoms with Gasteiger partial charge >= 0.3 is 7.05 Å². The first-order chi connectivity index (χ1) is 4.70. The van der Waals surface area contributed by atoms with Gasteiger partial charge < -0.3 is 9.83 Å². The van der Waals surface area contributed by atoms with Crippen molar-refractivity contribution in [3.63, 3.8) is 0 Å². The van der Waals surface area contributed by atoms with E-state index in [0.29, 0.717) is 0 Å². The average Bonchev–Trinajstić information content (AvgIpc) is 1.88. The van der Waals surface area contributed by atoms with Crippen LogP contribution in [-0.2, 0) is 0 Å². The van der Waals surface area contributed by atoms with Gasteiger partial charge in [-0.15, -0.1) is 0 Å². The molecule has 0 unspecified atom stereocenters. The normalized spacial score (nSPS) is 28.5. The SMILES string of the molecule is CB(O)N1CCC[C@H](C)C1. The van der Waals surface area contributed by atoms with Crippen LogP contribution in [0.1, 0.15) is 19.8 Å². The molecule has 0 bridgehead atoms. The van der Waals surface area contributed by atoms with Crippen molar-refractivity contribution >= 4 is 7.05 Å². The lowest BCUT2D eigenvalue weighted by Crippen LogP contribution is -2.43. The van der Waals surface area contributed by atoms with Crippen LogP contribution in [-0.4, -0.2) is 30.0 Å². The van der Waals surface area contributed by atoms with Gasteiger partial charge in [0.2, 0.25) is 0 Å². The fourth-order valence-electron chi connectivity index (χ4n) is 1.57. The van der Waals surface area contributed by atoms with E-state index in [4.69, 9.17) is 0 Å². The minimum atomic E-state index is -0.247. The predicted molar refractivity (Wildman–Crippen MR) is 43.8 cm³/mol. The molecule has 0 radical (unpaired) electrons. The maximum atomic E-state index is 9.22. The quantitative estimate of drug-likeness (QED) is 0.546. The summed E-state index contributed by atoms with van der Waals surface area (Å²) in [5, 5.41) is 9.22. The highest BCUT2D eigenvalue weighted by atomic mass is 16.2. The highest BCUT2D eigenvalue weighted by molar-refractivity contribution is 6.45. The van der Waals surface area contributed by atoms with Gasteiger partial charge in [0.05, 0.1) is 0 Å². The van der Waals surface area contributed by atoms with Gasteiger partial charge in [-0.2, -0.15) is 0 Å². The van der Waals surface area contributed by atoms with Crippen molar-refractivity contribution in [1.29, 1.82) is 0 Å². The Balaban J connectivity index is 2.32. The van der Waals surface area contributed by atoms with E-state index in [1.807, 2.05) is 6.82 Å². The fraction of sp³-hybridized carbons (Fsp3) is 1.00. The van der Waals surface area contributed by atoms with E-state index >= 15 is 0 Å². The van der Waals surface area contributed by atoms with Crippen LogP contribution in [0.4, 0.5) is 0 Å². The van der Waals surface area contributed by atoms with Crippen LogP contribution in [0.15, 0.2) is 0 Å². The molecule has 1 saturated heterocycles. The van der Waals surface area contributed by atoms with Crippen LogP contribution in [0.3, 0.4) is 0 Å². The summed E-state index contributed by atoms with van der Waals surface area (Å²) in [5.41, 5.74) is 0. The average molecular weight is 141 g/mol. The highest BCUT2D eigenvalue weighted by Crippen LogP contribution is 2.15. The van der Waals surface area contributed by atoms with Crippen molar-refractivity contribution in [1.82, 2.24) is 4.81 Å². The number of piperidine rings is 1. The van der Waals surface area contributed by atoms with Crippen LogP contribution in [0.2, 0.25) is 6.82 Å². The van der Waals surface area contributed by atoms with Crippen LogP contribution >= 0.6 is 0 Å². The molecule has 1 fully saturated rings. The molecule has 3 heteroatoms. The van der Waals surface area contributed by atoms with Gasteiger partial charge in [0.25, 0.3) is 0 Å². The topological polar surface area (TPSA) is 23.5 Å². The Kier molecular flexibility index (Phi) is 2.75. The Morgan fingerprint density at radius 3 is 2.70 bits per heavy atom. The lowest BCUT2D eigenvalue weighted by Gasteiger charge is -2.31. The van der Waals surface area contributed by atoms with E-state index in [1.54, 1.807) is 0 Å². The Hall–Kier alpha value is -0.0151. The summed E-state index contributed by atoms with van der Waals surface area (Å²) >= 11 is 0.